The fourth-order valence-electron chi connectivity index (χ4n) is 1.94. The van der Waals surface area contributed by atoms with E-state index in [1.54, 1.807) is 0 Å². The first-order valence-corrected chi connectivity index (χ1v) is 6.03. The van der Waals surface area contributed by atoms with Gasteiger partial charge in [-0.05, 0) is 20.0 Å². The number of hydrogen-bond acceptors (Lipinski definition) is 4. The summed E-state index contributed by atoms with van der Waals surface area (Å²) in [5.74, 6) is 0.263. The third-order valence-corrected chi connectivity index (χ3v) is 2.96. The maximum absolute atomic E-state index is 11.8. The van der Waals surface area contributed by atoms with Gasteiger partial charge in [-0.1, -0.05) is 0 Å². The number of nitrogens with one attached hydrogen (secondary N) is 1. The molecule has 0 aromatic rings. The molecule has 1 amide bonds. The van der Waals surface area contributed by atoms with Crippen LogP contribution in [0.1, 0.15) is 12.8 Å². The van der Waals surface area contributed by atoms with Crippen LogP contribution in [0.2, 0.25) is 0 Å². The van der Waals surface area contributed by atoms with E-state index < -0.39 is 0 Å². The summed E-state index contributed by atoms with van der Waals surface area (Å²) in [6.07, 6.45) is 1.55. The van der Waals surface area contributed by atoms with Crippen LogP contribution in [0.15, 0.2) is 0 Å². The average molecular weight is 229 g/mol. The zero-order chi connectivity index (χ0) is 11.8. The fourth-order valence-corrected chi connectivity index (χ4v) is 1.94. The highest BCUT2D eigenvalue weighted by Crippen LogP contribution is 2.04. The van der Waals surface area contributed by atoms with E-state index >= 15 is 0 Å². The number of aliphatic hydroxyl groups excluding tert-OH is 1. The Morgan fingerprint density at radius 2 is 2.00 bits per heavy atom. The molecule has 0 aromatic heterocycles. The maximum atomic E-state index is 11.8. The molecular weight excluding hydrogens is 206 g/mol. The minimum absolute atomic E-state index is 0.204. The molecule has 0 unspecified atom stereocenters. The van der Waals surface area contributed by atoms with Gasteiger partial charge in [0.2, 0.25) is 5.91 Å². The van der Waals surface area contributed by atoms with Crippen molar-refractivity contribution in [1.82, 2.24) is 15.1 Å². The van der Waals surface area contributed by atoms with Crippen molar-refractivity contribution in [3.63, 3.8) is 0 Å². The molecule has 1 fully saturated rings. The topological polar surface area (TPSA) is 55.8 Å². The second kappa shape index (κ2) is 7.60. The average Bonchev–Trinajstić information content (AvgIpc) is 2.30. The summed E-state index contributed by atoms with van der Waals surface area (Å²) < 4.78 is 0. The zero-order valence-electron chi connectivity index (χ0n) is 10.1. The van der Waals surface area contributed by atoms with Gasteiger partial charge in [0.25, 0.3) is 0 Å². The van der Waals surface area contributed by atoms with Crippen molar-refractivity contribution >= 4 is 5.91 Å². The summed E-state index contributed by atoms with van der Waals surface area (Å²) in [7, 11) is 1.90. The Balaban J connectivity index is 2.17. The van der Waals surface area contributed by atoms with Gasteiger partial charge in [-0.2, -0.15) is 0 Å². The van der Waals surface area contributed by atoms with Gasteiger partial charge in [0.15, 0.2) is 0 Å². The Morgan fingerprint density at radius 1 is 1.31 bits per heavy atom. The van der Waals surface area contributed by atoms with E-state index in [0.717, 1.165) is 45.7 Å². The van der Waals surface area contributed by atoms with Crippen molar-refractivity contribution in [2.75, 3.05) is 52.9 Å². The second-order valence-electron chi connectivity index (χ2n) is 4.15. The summed E-state index contributed by atoms with van der Waals surface area (Å²) in [5, 5.41) is 11.9. The standard InChI is InChI=1S/C11H23N3O2/c1-12-4-2-3-11(16)14-7-5-13(6-8-14)9-10-15/h12,15H,2-10H2,1H3. The molecule has 1 aliphatic heterocycles. The molecule has 94 valence electrons. The second-order valence-corrected chi connectivity index (χ2v) is 4.15. The molecule has 0 aromatic carbocycles. The molecule has 0 spiro atoms. The number of amides is 1. The molecular formula is C11H23N3O2. The normalized spacial score (nSPS) is 17.8. The van der Waals surface area contributed by atoms with Gasteiger partial charge in [0.1, 0.15) is 0 Å². The Kier molecular flexibility index (Phi) is 6.37. The minimum atomic E-state index is 0.204. The van der Waals surface area contributed by atoms with Gasteiger partial charge < -0.3 is 15.3 Å². The van der Waals surface area contributed by atoms with Crippen molar-refractivity contribution in [1.29, 1.82) is 0 Å². The molecule has 0 bridgehead atoms. The van der Waals surface area contributed by atoms with Crippen molar-refractivity contribution in [3.05, 3.63) is 0 Å². The summed E-state index contributed by atoms with van der Waals surface area (Å²) in [6.45, 7) is 5.21. The van der Waals surface area contributed by atoms with Crippen LogP contribution in [0.25, 0.3) is 0 Å². The molecule has 5 nitrogen and oxygen atoms in total. The molecule has 1 saturated heterocycles. The van der Waals surface area contributed by atoms with Gasteiger partial charge in [0.05, 0.1) is 6.61 Å². The Labute approximate surface area is 97.4 Å². The SMILES string of the molecule is CNCCCC(=O)N1CCN(CCO)CC1. The Morgan fingerprint density at radius 3 is 2.56 bits per heavy atom. The molecule has 1 rings (SSSR count). The van der Waals surface area contributed by atoms with Gasteiger partial charge in [0, 0.05) is 39.1 Å². The van der Waals surface area contributed by atoms with E-state index in [1.165, 1.54) is 0 Å². The van der Waals surface area contributed by atoms with E-state index in [2.05, 4.69) is 10.2 Å². The summed E-state index contributed by atoms with van der Waals surface area (Å²) in [4.78, 5) is 15.9. The molecule has 0 atom stereocenters. The first-order chi connectivity index (χ1) is 7.77. The number of nitrogens with zero attached hydrogens (tertiary/aromatic N) is 2. The van der Waals surface area contributed by atoms with Crippen LogP contribution in [0.3, 0.4) is 0 Å². The molecule has 1 heterocycles. The Hall–Kier alpha value is -0.650. The van der Waals surface area contributed by atoms with Gasteiger partial charge in [-0.3, -0.25) is 9.69 Å². The highest BCUT2D eigenvalue weighted by Gasteiger charge is 2.19. The first kappa shape index (κ1) is 13.4. The summed E-state index contributed by atoms with van der Waals surface area (Å²) in [6, 6.07) is 0. The summed E-state index contributed by atoms with van der Waals surface area (Å²) in [5.41, 5.74) is 0. The molecule has 0 saturated carbocycles. The van der Waals surface area contributed by atoms with E-state index in [4.69, 9.17) is 5.11 Å². The predicted molar refractivity (Wildman–Crippen MR) is 63.3 cm³/mol. The smallest absolute Gasteiger partial charge is 0.222 e. The molecule has 2 N–H and O–H groups in total. The lowest BCUT2D eigenvalue weighted by atomic mass is 10.2. The largest absolute Gasteiger partial charge is 0.395 e. The highest BCUT2D eigenvalue weighted by molar-refractivity contribution is 5.76. The van der Waals surface area contributed by atoms with E-state index in [-0.39, 0.29) is 12.5 Å². The first-order valence-electron chi connectivity index (χ1n) is 6.03. The van der Waals surface area contributed by atoms with Crippen LogP contribution in [-0.2, 0) is 4.79 Å². The lowest BCUT2D eigenvalue weighted by Gasteiger charge is -2.34. The molecule has 0 aliphatic carbocycles. The van der Waals surface area contributed by atoms with Crippen molar-refractivity contribution in [3.8, 4) is 0 Å². The monoisotopic (exact) mass is 229 g/mol. The fraction of sp³-hybridized carbons (Fsp3) is 0.909. The lowest BCUT2D eigenvalue weighted by Crippen LogP contribution is -2.49. The minimum Gasteiger partial charge on any atom is -0.395 e. The van der Waals surface area contributed by atoms with Gasteiger partial charge in [-0.15, -0.1) is 0 Å². The lowest BCUT2D eigenvalue weighted by molar-refractivity contribution is -0.133. The zero-order valence-corrected chi connectivity index (χ0v) is 10.1. The highest BCUT2D eigenvalue weighted by atomic mass is 16.3. The Bertz CT molecular complexity index is 203. The van der Waals surface area contributed by atoms with Gasteiger partial charge >= 0.3 is 0 Å². The maximum Gasteiger partial charge on any atom is 0.222 e. The van der Waals surface area contributed by atoms with Crippen LogP contribution in [-0.4, -0.2) is 73.7 Å². The van der Waals surface area contributed by atoms with Crippen LogP contribution in [0.4, 0.5) is 0 Å². The number of carbonyl (C=O) groups is 1. The van der Waals surface area contributed by atoms with Crippen molar-refractivity contribution in [2.24, 2.45) is 0 Å². The van der Waals surface area contributed by atoms with Gasteiger partial charge in [-0.25, -0.2) is 0 Å². The van der Waals surface area contributed by atoms with Crippen LogP contribution >= 0.6 is 0 Å². The van der Waals surface area contributed by atoms with E-state index in [0.29, 0.717) is 6.42 Å². The summed E-state index contributed by atoms with van der Waals surface area (Å²) >= 11 is 0. The molecule has 16 heavy (non-hydrogen) atoms. The predicted octanol–water partition coefficient (Wildman–Crippen LogP) is -0.877. The third-order valence-electron chi connectivity index (χ3n) is 2.96. The number of piperazine rings is 1. The number of aliphatic hydroxyl groups is 1. The quantitative estimate of drug-likeness (QED) is 0.581. The van der Waals surface area contributed by atoms with E-state index in [9.17, 15) is 4.79 Å². The number of hydrogen-bond donors (Lipinski definition) is 2. The number of carbonyl (C=O) groups excluding carboxylic acids is 1. The number of rotatable bonds is 6. The van der Waals surface area contributed by atoms with Crippen molar-refractivity contribution in [2.45, 2.75) is 12.8 Å². The van der Waals surface area contributed by atoms with Crippen LogP contribution < -0.4 is 5.32 Å². The van der Waals surface area contributed by atoms with Crippen LogP contribution in [0.5, 0.6) is 0 Å². The molecule has 0 radical (unpaired) electrons. The molecule has 1 aliphatic rings. The van der Waals surface area contributed by atoms with Crippen molar-refractivity contribution < 1.29 is 9.90 Å². The number of β-amino-alcohol motifs (C(OH)–C–C–N with tert-alkyl or cyclic N) is 1. The van der Waals surface area contributed by atoms with E-state index in [1.807, 2.05) is 11.9 Å². The third kappa shape index (κ3) is 4.47. The van der Waals surface area contributed by atoms with Crippen LogP contribution in [0, 0.1) is 0 Å². The molecule has 5 heteroatoms.